The van der Waals surface area contributed by atoms with Crippen LogP contribution in [0, 0.1) is 19.8 Å². The standard InChI is InChI=1S/C23H29NO3/c1-5-26-19-9-8-16(13-20(19)25-4)22-17-7-6-10-27-23(17)18-12-14(2)11-15(3)21(18)24-22/h8-9,11-13,17,22-24H,5-7,10H2,1-4H3. The number of hydrogen-bond acceptors (Lipinski definition) is 4. The van der Waals surface area contributed by atoms with Crippen LogP contribution in [0.5, 0.6) is 11.5 Å². The van der Waals surface area contributed by atoms with Gasteiger partial charge in [0.15, 0.2) is 11.5 Å². The Morgan fingerprint density at radius 3 is 2.78 bits per heavy atom. The smallest absolute Gasteiger partial charge is 0.161 e. The number of hydrogen-bond donors (Lipinski definition) is 1. The predicted octanol–water partition coefficient (Wildman–Crippen LogP) is 5.35. The summed E-state index contributed by atoms with van der Waals surface area (Å²) in [5.74, 6) is 1.99. The first-order valence-corrected chi connectivity index (χ1v) is 9.92. The van der Waals surface area contributed by atoms with E-state index in [0.717, 1.165) is 30.9 Å². The molecule has 0 saturated carbocycles. The zero-order valence-corrected chi connectivity index (χ0v) is 16.7. The summed E-state index contributed by atoms with van der Waals surface area (Å²) in [6.07, 6.45) is 2.41. The summed E-state index contributed by atoms with van der Waals surface area (Å²) in [6.45, 7) is 7.79. The highest BCUT2D eigenvalue weighted by molar-refractivity contribution is 5.63. The fourth-order valence-electron chi connectivity index (χ4n) is 4.63. The number of rotatable bonds is 4. The van der Waals surface area contributed by atoms with Crippen LogP contribution in [-0.4, -0.2) is 20.3 Å². The molecule has 4 heteroatoms. The number of ether oxygens (including phenoxy) is 3. The fraction of sp³-hybridized carbons (Fsp3) is 0.478. The monoisotopic (exact) mass is 367 g/mol. The van der Waals surface area contributed by atoms with E-state index < -0.39 is 0 Å². The van der Waals surface area contributed by atoms with Gasteiger partial charge in [0.25, 0.3) is 0 Å². The Balaban J connectivity index is 1.76. The number of methoxy groups -OCH3 is 1. The average Bonchev–Trinajstić information content (AvgIpc) is 2.68. The minimum absolute atomic E-state index is 0.149. The van der Waals surface area contributed by atoms with E-state index >= 15 is 0 Å². The van der Waals surface area contributed by atoms with Crippen molar-refractivity contribution in [1.82, 2.24) is 0 Å². The van der Waals surface area contributed by atoms with Gasteiger partial charge in [0.2, 0.25) is 0 Å². The molecule has 2 heterocycles. The molecule has 0 aliphatic carbocycles. The fourth-order valence-corrected chi connectivity index (χ4v) is 4.63. The van der Waals surface area contributed by atoms with E-state index in [1.165, 1.54) is 27.9 Å². The zero-order chi connectivity index (χ0) is 19.0. The molecule has 0 amide bonds. The van der Waals surface area contributed by atoms with Crippen LogP contribution in [0.25, 0.3) is 0 Å². The summed E-state index contributed by atoms with van der Waals surface area (Å²) in [6, 6.07) is 11.0. The lowest BCUT2D eigenvalue weighted by Crippen LogP contribution is -2.36. The Kier molecular flexibility index (Phi) is 5.00. The Hall–Kier alpha value is -2.20. The van der Waals surface area contributed by atoms with E-state index in [1.807, 2.05) is 13.0 Å². The van der Waals surface area contributed by atoms with E-state index in [0.29, 0.717) is 12.5 Å². The molecule has 27 heavy (non-hydrogen) atoms. The predicted molar refractivity (Wildman–Crippen MR) is 108 cm³/mol. The average molecular weight is 367 g/mol. The van der Waals surface area contributed by atoms with Gasteiger partial charge in [-0.3, -0.25) is 0 Å². The number of benzene rings is 2. The quantitative estimate of drug-likeness (QED) is 0.791. The van der Waals surface area contributed by atoms with E-state index in [9.17, 15) is 0 Å². The lowest BCUT2D eigenvalue weighted by Gasteiger charge is -2.44. The van der Waals surface area contributed by atoms with Crippen molar-refractivity contribution in [3.63, 3.8) is 0 Å². The largest absolute Gasteiger partial charge is 0.493 e. The van der Waals surface area contributed by atoms with Crippen molar-refractivity contribution in [1.29, 1.82) is 0 Å². The van der Waals surface area contributed by atoms with Crippen molar-refractivity contribution in [2.24, 2.45) is 5.92 Å². The van der Waals surface area contributed by atoms with Gasteiger partial charge in [0.1, 0.15) is 0 Å². The molecule has 3 unspecified atom stereocenters. The number of nitrogens with one attached hydrogen (secondary N) is 1. The second-order valence-corrected chi connectivity index (χ2v) is 7.61. The molecule has 144 valence electrons. The molecule has 2 aromatic carbocycles. The van der Waals surface area contributed by atoms with Crippen LogP contribution in [0.1, 0.15) is 54.2 Å². The van der Waals surface area contributed by atoms with Gasteiger partial charge in [0.05, 0.1) is 25.9 Å². The van der Waals surface area contributed by atoms with Crippen molar-refractivity contribution in [3.8, 4) is 11.5 Å². The van der Waals surface area contributed by atoms with Gasteiger partial charge in [-0.25, -0.2) is 0 Å². The second kappa shape index (κ2) is 7.43. The van der Waals surface area contributed by atoms with Crippen LogP contribution in [0.3, 0.4) is 0 Å². The van der Waals surface area contributed by atoms with Crippen molar-refractivity contribution < 1.29 is 14.2 Å². The molecule has 2 aliphatic heterocycles. The third-order valence-electron chi connectivity index (χ3n) is 5.76. The van der Waals surface area contributed by atoms with Gasteiger partial charge in [-0.15, -0.1) is 0 Å². The summed E-state index contributed by atoms with van der Waals surface area (Å²) in [5, 5.41) is 3.83. The summed E-state index contributed by atoms with van der Waals surface area (Å²) >= 11 is 0. The van der Waals surface area contributed by atoms with E-state index in [4.69, 9.17) is 14.2 Å². The van der Waals surface area contributed by atoms with Crippen LogP contribution < -0.4 is 14.8 Å². The number of fused-ring (bicyclic) bond motifs is 3. The Morgan fingerprint density at radius 1 is 1.15 bits per heavy atom. The molecule has 1 N–H and O–H groups in total. The van der Waals surface area contributed by atoms with Crippen LogP contribution in [0.2, 0.25) is 0 Å². The van der Waals surface area contributed by atoms with Gasteiger partial charge >= 0.3 is 0 Å². The summed E-state index contributed by atoms with van der Waals surface area (Å²) in [4.78, 5) is 0. The minimum Gasteiger partial charge on any atom is -0.493 e. The first kappa shape index (κ1) is 18.2. The Bertz CT molecular complexity index is 833. The molecule has 3 atom stereocenters. The van der Waals surface area contributed by atoms with Crippen molar-refractivity contribution in [2.45, 2.75) is 45.8 Å². The zero-order valence-electron chi connectivity index (χ0n) is 16.7. The molecule has 1 fully saturated rings. The van der Waals surface area contributed by atoms with Gasteiger partial charge in [-0.05, 0) is 56.9 Å². The Labute approximate surface area is 161 Å². The highest BCUT2D eigenvalue weighted by atomic mass is 16.5. The lowest BCUT2D eigenvalue weighted by atomic mass is 9.76. The van der Waals surface area contributed by atoms with E-state index in [1.54, 1.807) is 7.11 Å². The third kappa shape index (κ3) is 3.27. The molecule has 0 aromatic heterocycles. The summed E-state index contributed by atoms with van der Waals surface area (Å²) in [5.41, 5.74) is 6.33. The molecule has 2 aromatic rings. The maximum Gasteiger partial charge on any atom is 0.161 e. The highest BCUT2D eigenvalue weighted by Gasteiger charge is 2.40. The maximum absolute atomic E-state index is 6.29. The van der Waals surface area contributed by atoms with Gasteiger partial charge in [0, 0.05) is 23.8 Å². The van der Waals surface area contributed by atoms with Gasteiger partial charge in [-0.1, -0.05) is 23.8 Å². The molecule has 4 rings (SSSR count). The molecule has 4 nitrogen and oxygen atoms in total. The normalized spacial score (nSPS) is 23.8. The first-order valence-electron chi connectivity index (χ1n) is 9.92. The molecule has 1 saturated heterocycles. The molecule has 0 spiro atoms. The van der Waals surface area contributed by atoms with Gasteiger partial charge in [-0.2, -0.15) is 0 Å². The maximum atomic E-state index is 6.29. The van der Waals surface area contributed by atoms with E-state index in [-0.39, 0.29) is 12.1 Å². The molecule has 0 bridgehead atoms. The number of aryl methyl sites for hydroxylation is 2. The van der Waals surface area contributed by atoms with Crippen LogP contribution >= 0.6 is 0 Å². The number of anilines is 1. The van der Waals surface area contributed by atoms with Crippen LogP contribution in [0.15, 0.2) is 30.3 Å². The Morgan fingerprint density at radius 2 is 2.00 bits per heavy atom. The summed E-state index contributed by atoms with van der Waals surface area (Å²) in [7, 11) is 1.70. The highest BCUT2D eigenvalue weighted by Crippen LogP contribution is 2.50. The SMILES string of the molecule is CCOc1ccc(C2Nc3c(C)cc(C)cc3C3OCCCC23)cc1OC. The third-order valence-corrected chi connectivity index (χ3v) is 5.76. The van der Waals surface area contributed by atoms with Crippen LogP contribution in [-0.2, 0) is 4.74 Å². The lowest BCUT2D eigenvalue weighted by molar-refractivity contribution is -0.0382. The first-order chi connectivity index (χ1) is 13.1. The van der Waals surface area contributed by atoms with Crippen molar-refractivity contribution in [2.75, 3.05) is 25.6 Å². The van der Waals surface area contributed by atoms with Gasteiger partial charge < -0.3 is 19.5 Å². The molecule has 2 aliphatic rings. The molecular weight excluding hydrogens is 338 g/mol. The van der Waals surface area contributed by atoms with Crippen molar-refractivity contribution in [3.05, 3.63) is 52.6 Å². The van der Waals surface area contributed by atoms with Crippen LogP contribution in [0.4, 0.5) is 5.69 Å². The topological polar surface area (TPSA) is 39.7 Å². The van der Waals surface area contributed by atoms with E-state index in [2.05, 4.69) is 43.4 Å². The minimum atomic E-state index is 0.149. The molecular formula is C23H29NO3. The second-order valence-electron chi connectivity index (χ2n) is 7.61. The molecule has 0 radical (unpaired) electrons. The van der Waals surface area contributed by atoms with Crippen molar-refractivity contribution >= 4 is 5.69 Å². The summed E-state index contributed by atoms with van der Waals surface area (Å²) < 4.78 is 17.6.